The predicted octanol–water partition coefficient (Wildman–Crippen LogP) is 4.05. The molecule has 0 amide bonds. The van der Waals surface area contributed by atoms with Gasteiger partial charge in [-0.25, -0.2) is 0 Å². The van der Waals surface area contributed by atoms with Crippen molar-refractivity contribution in [2.24, 2.45) is 5.73 Å². The first-order chi connectivity index (χ1) is 9.10. The van der Waals surface area contributed by atoms with Crippen LogP contribution in [0.15, 0.2) is 16.6 Å². The number of halogens is 1. The van der Waals surface area contributed by atoms with Crippen molar-refractivity contribution in [3.8, 4) is 11.5 Å². The summed E-state index contributed by atoms with van der Waals surface area (Å²) in [7, 11) is 0. The quantitative estimate of drug-likeness (QED) is 0.570. The van der Waals surface area contributed by atoms with Crippen LogP contribution >= 0.6 is 28.1 Å². The van der Waals surface area contributed by atoms with Crippen LogP contribution in [0.2, 0.25) is 0 Å². The van der Waals surface area contributed by atoms with E-state index < -0.39 is 0 Å². The third kappa shape index (κ3) is 4.99. The Balaban J connectivity index is 2.90. The van der Waals surface area contributed by atoms with Gasteiger partial charge in [-0.05, 0) is 41.4 Å². The molecule has 1 aromatic rings. The maximum Gasteiger partial charge on any atom is 0.175 e. The molecule has 0 bridgehead atoms. The SMILES string of the molecule is CCCCCOc1c(Br)cc(C(N)=S)cc1OCC. The van der Waals surface area contributed by atoms with Crippen molar-refractivity contribution >= 4 is 33.1 Å². The fraction of sp³-hybridized carbons (Fsp3) is 0.500. The minimum atomic E-state index is 0.346. The number of nitrogens with two attached hydrogens (primary N) is 1. The highest BCUT2D eigenvalue weighted by Gasteiger charge is 2.13. The van der Waals surface area contributed by atoms with E-state index in [0.29, 0.717) is 24.0 Å². The zero-order chi connectivity index (χ0) is 14.3. The third-order valence-electron chi connectivity index (χ3n) is 2.59. The summed E-state index contributed by atoms with van der Waals surface area (Å²) < 4.78 is 12.2. The van der Waals surface area contributed by atoms with E-state index in [-0.39, 0.29) is 0 Å². The van der Waals surface area contributed by atoms with Crippen LogP contribution in [0.3, 0.4) is 0 Å². The topological polar surface area (TPSA) is 44.5 Å². The molecule has 0 fully saturated rings. The number of hydrogen-bond donors (Lipinski definition) is 1. The van der Waals surface area contributed by atoms with Gasteiger partial charge in [-0.3, -0.25) is 0 Å². The number of benzene rings is 1. The first kappa shape index (κ1) is 16.2. The molecule has 0 saturated heterocycles. The molecule has 0 radical (unpaired) electrons. The molecule has 0 aliphatic rings. The number of unbranched alkanes of at least 4 members (excludes halogenated alkanes) is 2. The summed E-state index contributed by atoms with van der Waals surface area (Å²) in [6.45, 7) is 5.35. The highest BCUT2D eigenvalue weighted by atomic mass is 79.9. The van der Waals surface area contributed by atoms with Gasteiger partial charge >= 0.3 is 0 Å². The molecule has 1 aromatic carbocycles. The van der Waals surface area contributed by atoms with Gasteiger partial charge in [0.15, 0.2) is 11.5 Å². The van der Waals surface area contributed by atoms with Crippen molar-refractivity contribution in [3.63, 3.8) is 0 Å². The molecular weight excluding hydrogens is 326 g/mol. The Morgan fingerprint density at radius 2 is 2.00 bits per heavy atom. The minimum Gasteiger partial charge on any atom is -0.490 e. The standard InChI is InChI=1S/C14H20BrNO2S/c1-3-5-6-7-18-13-11(15)8-10(14(16)19)9-12(13)17-4-2/h8-9H,3-7H2,1-2H3,(H2,16,19). The van der Waals surface area contributed by atoms with E-state index in [0.717, 1.165) is 28.6 Å². The lowest BCUT2D eigenvalue weighted by molar-refractivity contribution is 0.269. The average Bonchev–Trinajstić information content (AvgIpc) is 2.36. The average molecular weight is 346 g/mol. The van der Waals surface area contributed by atoms with E-state index in [1.807, 2.05) is 19.1 Å². The third-order valence-corrected chi connectivity index (χ3v) is 3.41. The normalized spacial score (nSPS) is 10.3. The fourth-order valence-electron chi connectivity index (χ4n) is 1.64. The van der Waals surface area contributed by atoms with Gasteiger partial charge in [-0.15, -0.1) is 0 Å². The lowest BCUT2D eigenvalue weighted by atomic mass is 10.2. The summed E-state index contributed by atoms with van der Waals surface area (Å²) in [5.41, 5.74) is 6.42. The summed E-state index contributed by atoms with van der Waals surface area (Å²) in [6.07, 6.45) is 3.36. The minimum absolute atomic E-state index is 0.346. The van der Waals surface area contributed by atoms with Crippen molar-refractivity contribution in [2.75, 3.05) is 13.2 Å². The van der Waals surface area contributed by atoms with Gasteiger partial charge in [0, 0.05) is 5.56 Å². The van der Waals surface area contributed by atoms with Crippen molar-refractivity contribution in [2.45, 2.75) is 33.1 Å². The van der Waals surface area contributed by atoms with E-state index in [1.54, 1.807) is 0 Å². The van der Waals surface area contributed by atoms with E-state index in [2.05, 4.69) is 22.9 Å². The van der Waals surface area contributed by atoms with Crippen molar-refractivity contribution in [1.29, 1.82) is 0 Å². The molecule has 0 spiro atoms. The van der Waals surface area contributed by atoms with E-state index in [4.69, 9.17) is 27.4 Å². The van der Waals surface area contributed by atoms with Gasteiger partial charge in [-0.2, -0.15) is 0 Å². The van der Waals surface area contributed by atoms with Crippen molar-refractivity contribution in [1.82, 2.24) is 0 Å². The molecule has 106 valence electrons. The van der Waals surface area contributed by atoms with Crippen LogP contribution < -0.4 is 15.2 Å². The van der Waals surface area contributed by atoms with E-state index in [1.165, 1.54) is 6.42 Å². The van der Waals surface area contributed by atoms with Crippen LogP contribution in [0.4, 0.5) is 0 Å². The number of ether oxygens (including phenoxy) is 2. The zero-order valence-corrected chi connectivity index (χ0v) is 13.8. The predicted molar refractivity (Wildman–Crippen MR) is 86.2 cm³/mol. The van der Waals surface area contributed by atoms with Gasteiger partial charge in [0.25, 0.3) is 0 Å². The van der Waals surface area contributed by atoms with Crippen molar-refractivity contribution in [3.05, 3.63) is 22.2 Å². The lowest BCUT2D eigenvalue weighted by Crippen LogP contribution is -2.10. The van der Waals surface area contributed by atoms with E-state index >= 15 is 0 Å². The highest BCUT2D eigenvalue weighted by molar-refractivity contribution is 9.10. The van der Waals surface area contributed by atoms with Gasteiger partial charge < -0.3 is 15.2 Å². The second kappa shape index (κ2) is 8.38. The maximum atomic E-state index is 5.80. The first-order valence-corrected chi connectivity index (χ1v) is 7.69. The molecule has 0 atom stereocenters. The molecule has 0 unspecified atom stereocenters. The summed E-state index contributed by atoms with van der Waals surface area (Å²) in [4.78, 5) is 0.346. The monoisotopic (exact) mass is 345 g/mol. The molecule has 0 aliphatic carbocycles. The number of thiocarbonyl (C=S) groups is 1. The Morgan fingerprint density at radius 1 is 1.26 bits per heavy atom. The van der Waals surface area contributed by atoms with Crippen LogP contribution in [0.1, 0.15) is 38.7 Å². The Bertz CT molecular complexity index is 438. The maximum absolute atomic E-state index is 5.80. The molecular formula is C14H20BrNO2S. The molecule has 19 heavy (non-hydrogen) atoms. The zero-order valence-electron chi connectivity index (χ0n) is 11.4. The van der Waals surface area contributed by atoms with Gasteiger partial charge in [-0.1, -0.05) is 32.0 Å². The smallest absolute Gasteiger partial charge is 0.175 e. The molecule has 0 aromatic heterocycles. The van der Waals surface area contributed by atoms with Gasteiger partial charge in [0.2, 0.25) is 0 Å². The van der Waals surface area contributed by atoms with Crippen molar-refractivity contribution < 1.29 is 9.47 Å². The van der Waals surface area contributed by atoms with Crippen LogP contribution in [0, 0.1) is 0 Å². The Kier molecular flexibility index (Phi) is 7.16. The number of rotatable bonds is 8. The Labute approximate surface area is 128 Å². The van der Waals surface area contributed by atoms with Crippen LogP contribution in [0.5, 0.6) is 11.5 Å². The first-order valence-electron chi connectivity index (χ1n) is 6.49. The number of hydrogen-bond acceptors (Lipinski definition) is 3. The molecule has 2 N–H and O–H groups in total. The fourth-order valence-corrected chi connectivity index (χ4v) is 2.31. The molecule has 3 nitrogen and oxygen atoms in total. The second-order valence-corrected chi connectivity index (χ2v) is 5.43. The van der Waals surface area contributed by atoms with Crippen LogP contribution in [0.25, 0.3) is 0 Å². The largest absolute Gasteiger partial charge is 0.490 e. The summed E-state index contributed by atoms with van der Waals surface area (Å²) in [5, 5.41) is 0. The summed E-state index contributed by atoms with van der Waals surface area (Å²) >= 11 is 8.48. The highest BCUT2D eigenvalue weighted by Crippen LogP contribution is 2.37. The molecule has 5 heteroatoms. The van der Waals surface area contributed by atoms with E-state index in [9.17, 15) is 0 Å². The van der Waals surface area contributed by atoms with Gasteiger partial charge in [0.1, 0.15) is 4.99 Å². The van der Waals surface area contributed by atoms with Crippen LogP contribution in [-0.2, 0) is 0 Å². The Hall–Kier alpha value is -0.810. The molecule has 0 saturated carbocycles. The lowest BCUT2D eigenvalue weighted by Gasteiger charge is -2.15. The second-order valence-electron chi connectivity index (χ2n) is 4.14. The van der Waals surface area contributed by atoms with Crippen LogP contribution in [-0.4, -0.2) is 18.2 Å². The molecule has 0 heterocycles. The molecule has 0 aliphatic heterocycles. The summed E-state index contributed by atoms with van der Waals surface area (Å²) in [6, 6.07) is 3.69. The molecule has 1 rings (SSSR count). The Morgan fingerprint density at radius 3 is 2.58 bits per heavy atom. The summed E-state index contributed by atoms with van der Waals surface area (Å²) in [5.74, 6) is 1.40. The van der Waals surface area contributed by atoms with Gasteiger partial charge in [0.05, 0.1) is 17.7 Å².